The molecule has 0 fully saturated rings. The summed E-state index contributed by atoms with van der Waals surface area (Å²) in [6.45, 7) is 10.6. The molecular formula is C20H27N3O3. The smallest absolute Gasteiger partial charge is 0.263 e. The quantitative estimate of drug-likeness (QED) is 0.572. The summed E-state index contributed by atoms with van der Waals surface area (Å²) in [6.07, 6.45) is 1.68. The summed E-state index contributed by atoms with van der Waals surface area (Å²) in [5, 5.41) is 12.2. The number of ether oxygens (including phenoxy) is 2. The number of carbonyl (C=O) groups is 1. The number of hydrogen-bond acceptors (Lipinski definition) is 5. The third-order valence-corrected chi connectivity index (χ3v) is 3.77. The van der Waals surface area contributed by atoms with Gasteiger partial charge in [0.15, 0.2) is 11.5 Å². The van der Waals surface area contributed by atoms with Crippen LogP contribution in [0.2, 0.25) is 0 Å². The van der Waals surface area contributed by atoms with Crippen LogP contribution in [-0.2, 0) is 11.3 Å². The van der Waals surface area contributed by atoms with E-state index in [2.05, 4.69) is 33.0 Å². The van der Waals surface area contributed by atoms with Crippen LogP contribution < -0.4 is 14.8 Å². The van der Waals surface area contributed by atoms with Crippen LogP contribution in [0.15, 0.2) is 30.0 Å². The minimum Gasteiger partial charge on any atom is -0.454 e. The third-order valence-electron chi connectivity index (χ3n) is 3.77. The molecule has 0 atom stereocenters. The highest BCUT2D eigenvalue weighted by atomic mass is 16.7. The zero-order valence-electron chi connectivity index (χ0n) is 15.9. The number of benzene rings is 1. The van der Waals surface area contributed by atoms with Crippen molar-refractivity contribution in [3.63, 3.8) is 0 Å². The Morgan fingerprint density at radius 3 is 2.50 bits per heavy atom. The van der Waals surface area contributed by atoms with Crippen molar-refractivity contribution >= 4 is 5.91 Å². The largest absolute Gasteiger partial charge is 0.454 e. The topological polar surface area (TPSA) is 74.6 Å². The highest BCUT2D eigenvalue weighted by Gasteiger charge is 2.15. The normalized spacial score (nSPS) is 13.0. The van der Waals surface area contributed by atoms with E-state index in [9.17, 15) is 10.1 Å². The molecule has 2 rings (SSSR count). The number of nitriles is 1. The molecule has 1 N–H and O–H groups in total. The van der Waals surface area contributed by atoms with Crippen molar-refractivity contribution in [1.29, 1.82) is 5.26 Å². The van der Waals surface area contributed by atoms with Gasteiger partial charge in [0.2, 0.25) is 6.79 Å². The number of fused-ring (bicyclic) bond motifs is 1. The van der Waals surface area contributed by atoms with Crippen LogP contribution in [0.25, 0.3) is 0 Å². The van der Waals surface area contributed by atoms with Gasteiger partial charge in [-0.2, -0.15) is 5.26 Å². The zero-order valence-corrected chi connectivity index (χ0v) is 15.9. The Hall–Kier alpha value is -2.68. The van der Waals surface area contributed by atoms with Crippen molar-refractivity contribution in [2.75, 3.05) is 19.9 Å². The van der Waals surface area contributed by atoms with E-state index in [4.69, 9.17) is 9.47 Å². The van der Waals surface area contributed by atoms with E-state index in [1.807, 2.05) is 29.2 Å². The molecule has 26 heavy (non-hydrogen) atoms. The van der Waals surface area contributed by atoms with E-state index in [1.54, 1.807) is 6.20 Å². The minimum atomic E-state index is -0.373. The van der Waals surface area contributed by atoms with E-state index in [1.165, 1.54) is 0 Å². The van der Waals surface area contributed by atoms with E-state index < -0.39 is 0 Å². The molecule has 140 valence electrons. The van der Waals surface area contributed by atoms with Crippen LogP contribution in [-0.4, -0.2) is 30.7 Å². The lowest BCUT2D eigenvalue weighted by Gasteiger charge is -2.25. The Morgan fingerprint density at radius 1 is 1.23 bits per heavy atom. The van der Waals surface area contributed by atoms with Gasteiger partial charge in [0.25, 0.3) is 5.91 Å². The molecule has 0 unspecified atom stereocenters. The number of carbonyl (C=O) groups excluding carboxylic acids is 1. The van der Waals surface area contributed by atoms with Gasteiger partial charge in [0.1, 0.15) is 11.6 Å². The van der Waals surface area contributed by atoms with Crippen LogP contribution in [0.3, 0.4) is 0 Å². The first-order valence-corrected chi connectivity index (χ1v) is 8.91. The summed E-state index contributed by atoms with van der Waals surface area (Å²) in [7, 11) is 0. The molecule has 1 aromatic carbocycles. The monoisotopic (exact) mass is 357 g/mol. The van der Waals surface area contributed by atoms with Crippen LogP contribution in [0, 0.1) is 23.2 Å². The Bertz CT molecular complexity index is 695. The summed E-state index contributed by atoms with van der Waals surface area (Å²) in [5.74, 6) is 1.90. The molecule has 0 saturated heterocycles. The van der Waals surface area contributed by atoms with Gasteiger partial charge in [-0.25, -0.2) is 0 Å². The molecule has 0 spiro atoms. The maximum Gasteiger partial charge on any atom is 0.263 e. The predicted octanol–water partition coefficient (Wildman–Crippen LogP) is 3.05. The maximum atomic E-state index is 12.4. The minimum absolute atomic E-state index is 0.118. The molecule has 1 aliphatic rings. The van der Waals surface area contributed by atoms with Crippen molar-refractivity contribution in [3.05, 3.63) is 35.5 Å². The van der Waals surface area contributed by atoms with Gasteiger partial charge < -0.3 is 19.7 Å². The molecule has 0 bridgehead atoms. The molecule has 1 aromatic rings. The van der Waals surface area contributed by atoms with Gasteiger partial charge in [-0.15, -0.1) is 0 Å². The first kappa shape index (κ1) is 19.6. The average Bonchev–Trinajstić information content (AvgIpc) is 3.04. The van der Waals surface area contributed by atoms with Gasteiger partial charge in [0, 0.05) is 25.8 Å². The lowest BCUT2D eigenvalue weighted by Crippen LogP contribution is -2.30. The predicted molar refractivity (Wildman–Crippen MR) is 99.4 cm³/mol. The van der Waals surface area contributed by atoms with Gasteiger partial charge >= 0.3 is 0 Å². The number of nitrogens with one attached hydrogen (secondary N) is 1. The number of rotatable bonds is 8. The van der Waals surface area contributed by atoms with Crippen molar-refractivity contribution in [1.82, 2.24) is 10.2 Å². The molecular weight excluding hydrogens is 330 g/mol. The molecule has 0 aromatic heterocycles. The third kappa shape index (κ3) is 5.69. The SMILES string of the molecule is CC(C)CN(/C=C(/C#N)C(=O)NCc1ccc2c(c1)OCO2)CC(C)C. The second-order valence-electron chi connectivity index (χ2n) is 7.27. The fraction of sp³-hybridized carbons (Fsp3) is 0.500. The number of nitrogens with zero attached hydrogens (tertiary/aromatic N) is 2. The summed E-state index contributed by atoms with van der Waals surface area (Å²) >= 11 is 0. The lowest BCUT2D eigenvalue weighted by molar-refractivity contribution is -0.117. The van der Waals surface area contributed by atoms with E-state index in [0.29, 0.717) is 29.9 Å². The summed E-state index contributed by atoms with van der Waals surface area (Å²) < 4.78 is 10.6. The van der Waals surface area contributed by atoms with Crippen LogP contribution in [0.4, 0.5) is 0 Å². The molecule has 1 aliphatic heterocycles. The average molecular weight is 357 g/mol. The summed E-state index contributed by atoms with van der Waals surface area (Å²) in [6, 6.07) is 7.54. The van der Waals surface area contributed by atoms with Crippen molar-refractivity contribution in [2.24, 2.45) is 11.8 Å². The van der Waals surface area contributed by atoms with Crippen molar-refractivity contribution < 1.29 is 14.3 Å². The maximum absolute atomic E-state index is 12.4. The van der Waals surface area contributed by atoms with Crippen LogP contribution in [0.5, 0.6) is 11.5 Å². The van der Waals surface area contributed by atoms with E-state index in [0.717, 1.165) is 18.7 Å². The Kier molecular flexibility index (Phi) is 6.90. The van der Waals surface area contributed by atoms with E-state index >= 15 is 0 Å². The second-order valence-corrected chi connectivity index (χ2v) is 7.27. The number of amides is 1. The Morgan fingerprint density at radius 2 is 1.88 bits per heavy atom. The van der Waals surface area contributed by atoms with Gasteiger partial charge in [-0.3, -0.25) is 4.79 Å². The molecule has 1 heterocycles. The van der Waals surface area contributed by atoms with Gasteiger partial charge in [-0.05, 0) is 29.5 Å². The fourth-order valence-electron chi connectivity index (χ4n) is 2.77. The molecule has 6 nitrogen and oxygen atoms in total. The molecule has 0 aliphatic carbocycles. The van der Waals surface area contributed by atoms with Crippen LogP contribution >= 0.6 is 0 Å². The summed E-state index contributed by atoms with van der Waals surface area (Å²) in [4.78, 5) is 14.5. The highest BCUT2D eigenvalue weighted by molar-refractivity contribution is 5.97. The van der Waals surface area contributed by atoms with Gasteiger partial charge in [-0.1, -0.05) is 33.8 Å². The first-order valence-electron chi connectivity index (χ1n) is 8.91. The molecule has 0 saturated carbocycles. The first-order chi connectivity index (χ1) is 12.4. The fourth-order valence-corrected chi connectivity index (χ4v) is 2.77. The van der Waals surface area contributed by atoms with Gasteiger partial charge in [0.05, 0.1) is 0 Å². The number of hydrogen-bond donors (Lipinski definition) is 1. The summed E-state index contributed by atoms with van der Waals surface area (Å²) in [5.41, 5.74) is 1.01. The van der Waals surface area contributed by atoms with Crippen LogP contribution in [0.1, 0.15) is 33.3 Å². The Labute approximate surface area is 155 Å². The molecule has 6 heteroatoms. The lowest BCUT2D eigenvalue weighted by atomic mass is 10.1. The highest BCUT2D eigenvalue weighted by Crippen LogP contribution is 2.32. The zero-order chi connectivity index (χ0) is 19.1. The Balaban J connectivity index is 2.01. The molecule has 0 radical (unpaired) electrons. The second kappa shape index (κ2) is 9.14. The van der Waals surface area contributed by atoms with Crippen molar-refractivity contribution in [2.45, 2.75) is 34.2 Å². The van der Waals surface area contributed by atoms with Crippen molar-refractivity contribution in [3.8, 4) is 17.6 Å². The standard InChI is InChI=1S/C20H27N3O3/c1-14(2)10-23(11-15(3)4)12-17(8-21)20(24)22-9-16-5-6-18-19(7-16)26-13-25-18/h5-7,12,14-15H,9-11,13H2,1-4H3,(H,22,24)/b17-12-. The molecule has 1 amide bonds. The van der Waals surface area contributed by atoms with E-state index in [-0.39, 0.29) is 18.3 Å².